The summed E-state index contributed by atoms with van der Waals surface area (Å²) in [6.07, 6.45) is 0. The molecule has 7 heteroatoms. The van der Waals surface area contributed by atoms with Crippen LogP contribution in [0.5, 0.6) is 0 Å². The molecule has 0 atom stereocenters. The first kappa shape index (κ1) is 15.6. The maximum absolute atomic E-state index is 4.71. The summed E-state index contributed by atoms with van der Waals surface area (Å²) in [5, 5.41) is 13.5. The number of anilines is 1. The summed E-state index contributed by atoms with van der Waals surface area (Å²) < 4.78 is 3.80. The number of nitrogens with one attached hydrogen (secondary N) is 1. The SMILES string of the molecule is CCNc1nc(C)nn2c(-c3ccc4c(c3)c(C)nn4C)c(C)nc12. The summed E-state index contributed by atoms with van der Waals surface area (Å²) in [5.41, 5.74) is 5.89. The first-order valence-electron chi connectivity index (χ1n) is 8.41. The molecule has 0 amide bonds. The molecule has 128 valence electrons. The third kappa shape index (κ3) is 2.34. The Labute approximate surface area is 145 Å². The van der Waals surface area contributed by atoms with Gasteiger partial charge in [-0.2, -0.15) is 10.2 Å². The third-order valence-electron chi connectivity index (χ3n) is 4.41. The highest BCUT2D eigenvalue weighted by molar-refractivity contribution is 5.87. The van der Waals surface area contributed by atoms with Gasteiger partial charge in [-0.3, -0.25) is 4.68 Å². The van der Waals surface area contributed by atoms with Crippen LogP contribution in [0.2, 0.25) is 0 Å². The fourth-order valence-electron chi connectivity index (χ4n) is 3.35. The lowest BCUT2D eigenvalue weighted by Gasteiger charge is -2.07. The quantitative estimate of drug-likeness (QED) is 0.623. The zero-order chi connectivity index (χ0) is 17.7. The highest BCUT2D eigenvalue weighted by Gasteiger charge is 2.17. The van der Waals surface area contributed by atoms with Crippen molar-refractivity contribution in [2.45, 2.75) is 27.7 Å². The Morgan fingerprint density at radius 3 is 2.60 bits per heavy atom. The fraction of sp³-hybridized carbons (Fsp3) is 0.333. The van der Waals surface area contributed by atoms with Crippen molar-refractivity contribution in [1.82, 2.24) is 29.4 Å². The van der Waals surface area contributed by atoms with Crippen molar-refractivity contribution in [3.05, 3.63) is 35.4 Å². The van der Waals surface area contributed by atoms with Crippen LogP contribution in [0.4, 0.5) is 5.82 Å². The average Bonchev–Trinajstić information content (AvgIpc) is 3.04. The van der Waals surface area contributed by atoms with Crippen LogP contribution in [0.1, 0.15) is 24.1 Å². The molecule has 0 radical (unpaired) electrons. The summed E-state index contributed by atoms with van der Waals surface area (Å²) >= 11 is 0. The molecule has 0 spiro atoms. The van der Waals surface area contributed by atoms with E-state index in [2.05, 4.69) is 38.7 Å². The van der Waals surface area contributed by atoms with Crippen molar-refractivity contribution < 1.29 is 0 Å². The summed E-state index contributed by atoms with van der Waals surface area (Å²) in [4.78, 5) is 9.20. The molecule has 4 aromatic rings. The van der Waals surface area contributed by atoms with Gasteiger partial charge >= 0.3 is 0 Å². The molecule has 0 unspecified atom stereocenters. The molecule has 0 aliphatic carbocycles. The Morgan fingerprint density at radius 2 is 1.84 bits per heavy atom. The summed E-state index contributed by atoms with van der Waals surface area (Å²) in [6, 6.07) is 6.37. The van der Waals surface area contributed by atoms with Crippen molar-refractivity contribution in [3.63, 3.8) is 0 Å². The van der Waals surface area contributed by atoms with E-state index in [9.17, 15) is 0 Å². The van der Waals surface area contributed by atoms with Crippen LogP contribution in [0.25, 0.3) is 27.8 Å². The lowest BCUT2D eigenvalue weighted by molar-refractivity contribution is 0.783. The zero-order valence-electron chi connectivity index (χ0n) is 15.1. The first-order valence-corrected chi connectivity index (χ1v) is 8.41. The number of hydrogen-bond donors (Lipinski definition) is 1. The van der Waals surface area contributed by atoms with Crippen LogP contribution in [0, 0.1) is 20.8 Å². The number of fused-ring (bicyclic) bond motifs is 2. The van der Waals surface area contributed by atoms with Gasteiger partial charge in [-0.1, -0.05) is 6.07 Å². The highest BCUT2D eigenvalue weighted by Crippen LogP contribution is 2.30. The molecule has 7 nitrogen and oxygen atoms in total. The predicted molar refractivity (Wildman–Crippen MR) is 98.9 cm³/mol. The van der Waals surface area contributed by atoms with Gasteiger partial charge in [0.1, 0.15) is 5.82 Å². The average molecular weight is 335 g/mol. The van der Waals surface area contributed by atoms with Gasteiger partial charge in [0.05, 0.1) is 22.6 Å². The minimum atomic E-state index is 0.709. The lowest BCUT2D eigenvalue weighted by Crippen LogP contribution is -2.07. The van der Waals surface area contributed by atoms with E-state index in [-0.39, 0.29) is 0 Å². The number of imidazole rings is 1. The maximum atomic E-state index is 4.71. The Morgan fingerprint density at radius 1 is 1.04 bits per heavy atom. The van der Waals surface area contributed by atoms with E-state index in [1.165, 1.54) is 0 Å². The van der Waals surface area contributed by atoms with Crippen LogP contribution in [-0.4, -0.2) is 35.9 Å². The first-order chi connectivity index (χ1) is 12.0. The Kier molecular flexibility index (Phi) is 3.45. The number of aryl methyl sites for hydroxylation is 4. The van der Waals surface area contributed by atoms with Gasteiger partial charge in [-0.25, -0.2) is 14.5 Å². The number of aromatic nitrogens is 6. The van der Waals surface area contributed by atoms with Crippen molar-refractivity contribution in [2.75, 3.05) is 11.9 Å². The van der Waals surface area contributed by atoms with Crippen molar-refractivity contribution in [2.24, 2.45) is 7.05 Å². The van der Waals surface area contributed by atoms with Gasteiger partial charge < -0.3 is 5.32 Å². The van der Waals surface area contributed by atoms with Gasteiger partial charge in [0.2, 0.25) is 0 Å². The minimum Gasteiger partial charge on any atom is -0.367 e. The molecule has 0 fully saturated rings. The molecule has 1 N–H and O–H groups in total. The van der Waals surface area contributed by atoms with E-state index < -0.39 is 0 Å². The Balaban J connectivity index is 2.00. The largest absolute Gasteiger partial charge is 0.367 e. The third-order valence-corrected chi connectivity index (χ3v) is 4.41. The number of rotatable bonds is 3. The molecular weight excluding hydrogens is 314 g/mol. The molecule has 0 aliphatic heterocycles. The van der Waals surface area contributed by atoms with Crippen LogP contribution in [0.3, 0.4) is 0 Å². The molecule has 4 rings (SSSR count). The molecule has 25 heavy (non-hydrogen) atoms. The maximum Gasteiger partial charge on any atom is 0.197 e. The molecular formula is C18H21N7. The molecule has 0 aliphatic rings. The van der Waals surface area contributed by atoms with E-state index in [1.54, 1.807) is 0 Å². The van der Waals surface area contributed by atoms with Crippen molar-refractivity contribution in [1.29, 1.82) is 0 Å². The van der Waals surface area contributed by atoms with Gasteiger partial charge in [-0.15, -0.1) is 0 Å². The van der Waals surface area contributed by atoms with E-state index in [4.69, 9.17) is 4.98 Å². The van der Waals surface area contributed by atoms with Crippen LogP contribution in [-0.2, 0) is 7.05 Å². The van der Waals surface area contributed by atoms with Gasteiger partial charge in [-0.05, 0) is 39.8 Å². The lowest BCUT2D eigenvalue weighted by atomic mass is 10.1. The zero-order valence-corrected chi connectivity index (χ0v) is 15.1. The normalized spacial score (nSPS) is 11.6. The van der Waals surface area contributed by atoms with Crippen LogP contribution < -0.4 is 5.32 Å². The van der Waals surface area contributed by atoms with E-state index in [0.717, 1.165) is 51.6 Å². The number of hydrogen-bond acceptors (Lipinski definition) is 5. The minimum absolute atomic E-state index is 0.709. The van der Waals surface area contributed by atoms with Gasteiger partial charge in [0.25, 0.3) is 0 Å². The molecule has 1 aromatic carbocycles. The number of benzene rings is 1. The summed E-state index contributed by atoms with van der Waals surface area (Å²) in [5.74, 6) is 1.48. The van der Waals surface area contributed by atoms with E-state index in [0.29, 0.717) is 5.82 Å². The van der Waals surface area contributed by atoms with Gasteiger partial charge in [0.15, 0.2) is 11.5 Å². The Hall–Kier alpha value is -2.96. The molecule has 3 aromatic heterocycles. The van der Waals surface area contributed by atoms with Gasteiger partial charge in [0, 0.05) is 24.5 Å². The number of nitrogens with zero attached hydrogens (tertiary/aromatic N) is 6. The van der Waals surface area contributed by atoms with Crippen molar-refractivity contribution in [3.8, 4) is 11.3 Å². The topological polar surface area (TPSA) is 72.9 Å². The van der Waals surface area contributed by atoms with Crippen molar-refractivity contribution >= 4 is 22.4 Å². The van der Waals surface area contributed by atoms with E-state index >= 15 is 0 Å². The second-order valence-corrected chi connectivity index (χ2v) is 6.26. The molecule has 0 bridgehead atoms. The molecule has 3 heterocycles. The van der Waals surface area contributed by atoms with Crippen LogP contribution >= 0.6 is 0 Å². The smallest absolute Gasteiger partial charge is 0.197 e. The predicted octanol–water partition coefficient (Wildman–Crippen LogP) is 3.04. The second-order valence-electron chi connectivity index (χ2n) is 6.26. The molecule has 0 saturated heterocycles. The second kappa shape index (κ2) is 5.54. The Bertz CT molecular complexity index is 1100. The van der Waals surface area contributed by atoms with E-state index in [1.807, 2.05) is 43.9 Å². The summed E-state index contributed by atoms with van der Waals surface area (Å²) in [6.45, 7) is 8.77. The monoisotopic (exact) mass is 335 g/mol. The van der Waals surface area contributed by atoms with Crippen LogP contribution in [0.15, 0.2) is 18.2 Å². The highest BCUT2D eigenvalue weighted by atomic mass is 15.3. The fourth-order valence-corrected chi connectivity index (χ4v) is 3.35. The summed E-state index contributed by atoms with van der Waals surface area (Å²) in [7, 11) is 1.97. The standard InChI is InChI=1S/C18H21N7/c1-6-19-17-18-20-11(3)16(25(18)23-12(4)21-17)13-7-8-15-14(9-13)10(2)22-24(15)5/h7-9H,6H2,1-5H3,(H,19,21,23). The molecule has 0 saturated carbocycles.